The highest BCUT2D eigenvalue weighted by molar-refractivity contribution is 6.28. The minimum Gasteiger partial charge on any atom is -0.390 e. The van der Waals surface area contributed by atoms with Gasteiger partial charge in [-0.25, -0.2) is 4.39 Å². The molecule has 0 saturated heterocycles. The number of hydrogen-bond donors (Lipinski definition) is 1. The molecular weight excluding hydrogens is 379 g/mol. The van der Waals surface area contributed by atoms with Crippen molar-refractivity contribution in [3.8, 4) is 0 Å². The molecule has 4 aliphatic carbocycles. The van der Waals surface area contributed by atoms with Crippen LogP contribution in [0.3, 0.4) is 0 Å². The maximum atomic E-state index is 17.0. The van der Waals surface area contributed by atoms with Gasteiger partial charge in [0.1, 0.15) is 0 Å². The molecule has 0 aromatic carbocycles. The molecule has 1 N–H and O–H groups in total. The molecule has 0 bridgehead atoms. The highest BCUT2D eigenvalue weighted by Gasteiger charge is 2.74. The number of Topliss-reactive ketones (excluding diaryl/α,β-unsaturated/α-hetero) is 1. The molecule has 5 heteroatoms. The monoisotopic (exact) mass is 408 g/mol. The average molecular weight is 409 g/mol. The van der Waals surface area contributed by atoms with Gasteiger partial charge in [-0.2, -0.15) is 0 Å². The Hall–Kier alpha value is -1.00. The van der Waals surface area contributed by atoms with Gasteiger partial charge in [0.05, 0.1) is 12.0 Å². The topological polar surface area (TPSA) is 54.4 Å². The second-order valence-electron chi connectivity index (χ2n) is 10.2. The summed E-state index contributed by atoms with van der Waals surface area (Å²) >= 11 is 5.97. The van der Waals surface area contributed by atoms with Gasteiger partial charge in [0.15, 0.2) is 17.2 Å². The number of carbonyl (C=O) groups excluding carboxylic acids is 2. The predicted octanol–water partition coefficient (Wildman–Crippen LogP) is 4.42. The van der Waals surface area contributed by atoms with Crippen LogP contribution in [0.4, 0.5) is 4.39 Å². The molecule has 0 aromatic rings. The van der Waals surface area contributed by atoms with Crippen molar-refractivity contribution in [2.24, 2.45) is 34.0 Å². The molecule has 8 atom stereocenters. The molecule has 4 aliphatic rings. The van der Waals surface area contributed by atoms with Crippen LogP contribution < -0.4 is 0 Å². The first-order valence-electron chi connectivity index (χ1n) is 10.4. The van der Waals surface area contributed by atoms with E-state index in [1.165, 1.54) is 6.08 Å². The summed E-state index contributed by atoms with van der Waals surface area (Å²) in [6, 6.07) is 0. The second kappa shape index (κ2) is 6.01. The number of ketones is 2. The van der Waals surface area contributed by atoms with E-state index in [0.29, 0.717) is 12.8 Å². The van der Waals surface area contributed by atoms with E-state index < -0.39 is 28.0 Å². The maximum Gasteiger partial charge on any atom is 0.178 e. The second-order valence-corrected chi connectivity index (χ2v) is 10.4. The number of hydrogen-bond acceptors (Lipinski definition) is 3. The zero-order valence-electron chi connectivity index (χ0n) is 17.1. The fraction of sp³-hybridized carbons (Fsp3) is 0.739. The minimum absolute atomic E-state index is 0.00234. The fourth-order valence-corrected chi connectivity index (χ4v) is 7.78. The Morgan fingerprint density at radius 1 is 1.32 bits per heavy atom. The number of fused-ring (bicyclic) bond motifs is 5. The standard InChI is InChI=1S/C23H30ClFO3/c1-13-9-17-16-6-5-14-10-15(26)7-8-20(14,2)23(16,25)18(27)11-21(17,3)22(13,4)19(28)12-24/h7-8,10,13,16-18,27H,5-6,9,11-12H2,1-4H3/t13-,16-,17-,18-,20-,21-,22+,23-/m0/s1. The number of carbonyl (C=O) groups is 2. The summed E-state index contributed by atoms with van der Waals surface area (Å²) in [4.78, 5) is 24.8. The first-order chi connectivity index (χ1) is 13.0. The van der Waals surface area contributed by atoms with Crippen molar-refractivity contribution in [2.75, 3.05) is 5.88 Å². The molecule has 154 valence electrons. The summed E-state index contributed by atoms with van der Waals surface area (Å²) in [6.45, 7) is 7.91. The number of aliphatic hydroxyl groups excluding tert-OH is 1. The highest BCUT2D eigenvalue weighted by Crippen LogP contribution is 2.72. The lowest BCUT2D eigenvalue weighted by atomic mass is 9.43. The Balaban J connectivity index is 1.84. The van der Waals surface area contributed by atoms with E-state index in [1.807, 2.05) is 13.8 Å². The van der Waals surface area contributed by atoms with Gasteiger partial charge in [-0.05, 0) is 62.0 Å². The predicted molar refractivity (Wildman–Crippen MR) is 107 cm³/mol. The first-order valence-corrected chi connectivity index (χ1v) is 10.9. The summed E-state index contributed by atoms with van der Waals surface area (Å²) in [5, 5.41) is 11.3. The van der Waals surface area contributed by atoms with Crippen molar-refractivity contribution in [3.05, 3.63) is 23.8 Å². The Bertz CT molecular complexity index is 806. The minimum atomic E-state index is -1.84. The van der Waals surface area contributed by atoms with Gasteiger partial charge < -0.3 is 5.11 Å². The SMILES string of the molecule is C[C@H]1C[C@H]2[C@@H]3CCC4=CC(=O)C=C[C@]4(C)[C@@]3(F)[C@@H](O)C[C@]2(C)[C@@]1(C)C(=O)CCl. The number of allylic oxidation sites excluding steroid dienone is 4. The van der Waals surface area contributed by atoms with Crippen molar-refractivity contribution in [1.29, 1.82) is 0 Å². The van der Waals surface area contributed by atoms with Crippen LogP contribution >= 0.6 is 11.6 Å². The van der Waals surface area contributed by atoms with Gasteiger partial charge >= 0.3 is 0 Å². The van der Waals surface area contributed by atoms with Crippen molar-refractivity contribution in [2.45, 2.75) is 65.2 Å². The maximum absolute atomic E-state index is 17.0. The average Bonchev–Trinajstić information content (AvgIpc) is 2.84. The molecule has 0 spiro atoms. The first kappa shape index (κ1) is 20.3. The zero-order valence-corrected chi connectivity index (χ0v) is 17.9. The molecule has 0 unspecified atom stereocenters. The van der Waals surface area contributed by atoms with Gasteiger partial charge in [-0.3, -0.25) is 9.59 Å². The number of halogens is 2. The molecule has 3 saturated carbocycles. The normalized spacial score (nSPS) is 52.5. The third-order valence-electron chi connectivity index (χ3n) is 9.51. The molecular formula is C23H30ClFO3. The number of aliphatic hydroxyl groups is 1. The lowest BCUT2D eigenvalue weighted by molar-refractivity contribution is -0.204. The Morgan fingerprint density at radius 3 is 2.64 bits per heavy atom. The van der Waals surface area contributed by atoms with Crippen LogP contribution in [0.25, 0.3) is 0 Å². The van der Waals surface area contributed by atoms with E-state index >= 15 is 4.39 Å². The fourth-order valence-electron chi connectivity index (χ4n) is 7.50. The van der Waals surface area contributed by atoms with Crippen molar-refractivity contribution < 1.29 is 19.1 Å². The van der Waals surface area contributed by atoms with Crippen LogP contribution in [0.1, 0.15) is 53.4 Å². The van der Waals surface area contributed by atoms with Crippen LogP contribution in [0.2, 0.25) is 0 Å². The molecule has 3 fully saturated rings. The van der Waals surface area contributed by atoms with E-state index in [0.717, 1.165) is 12.0 Å². The van der Waals surface area contributed by atoms with Gasteiger partial charge in [-0.15, -0.1) is 11.6 Å². The molecule has 3 nitrogen and oxygen atoms in total. The molecule has 0 heterocycles. The Kier molecular flexibility index (Phi) is 4.35. The van der Waals surface area contributed by atoms with E-state index in [-0.39, 0.29) is 41.6 Å². The third kappa shape index (κ3) is 2.09. The molecule has 4 rings (SSSR count). The van der Waals surface area contributed by atoms with Crippen molar-refractivity contribution in [3.63, 3.8) is 0 Å². The van der Waals surface area contributed by atoms with Gasteiger partial charge in [0.25, 0.3) is 0 Å². The Labute approximate surface area is 171 Å². The van der Waals surface area contributed by atoms with E-state index in [4.69, 9.17) is 11.6 Å². The smallest absolute Gasteiger partial charge is 0.178 e. The molecule has 0 radical (unpaired) electrons. The van der Waals surface area contributed by atoms with Crippen LogP contribution in [0.5, 0.6) is 0 Å². The summed E-state index contributed by atoms with van der Waals surface area (Å²) < 4.78 is 17.0. The van der Waals surface area contributed by atoms with E-state index in [1.54, 1.807) is 12.2 Å². The van der Waals surface area contributed by atoms with Crippen LogP contribution in [-0.2, 0) is 9.59 Å². The number of rotatable bonds is 2. The van der Waals surface area contributed by atoms with Crippen molar-refractivity contribution in [1.82, 2.24) is 0 Å². The summed E-state index contributed by atoms with van der Waals surface area (Å²) in [6.07, 6.45) is 5.70. The van der Waals surface area contributed by atoms with Gasteiger partial charge in [-0.1, -0.05) is 32.4 Å². The lowest BCUT2D eigenvalue weighted by Gasteiger charge is -2.63. The summed E-state index contributed by atoms with van der Waals surface area (Å²) in [7, 11) is 0. The van der Waals surface area contributed by atoms with Crippen molar-refractivity contribution >= 4 is 23.2 Å². The summed E-state index contributed by atoms with van der Waals surface area (Å²) in [5.41, 5.74) is -3.20. The number of alkyl halides is 2. The third-order valence-corrected chi connectivity index (χ3v) is 9.75. The highest BCUT2D eigenvalue weighted by atomic mass is 35.5. The quantitative estimate of drug-likeness (QED) is 0.688. The van der Waals surface area contributed by atoms with Gasteiger partial charge in [0.2, 0.25) is 0 Å². The zero-order chi connectivity index (χ0) is 20.7. The van der Waals surface area contributed by atoms with Gasteiger partial charge in [0, 0.05) is 16.7 Å². The molecule has 0 aliphatic heterocycles. The Morgan fingerprint density at radius 2 is 2.00 bits per heavy atom. The van der Waals surface area contributed by atoms with E-state index in [2.05, 4.69) is 13.8 Å². The lowest BCUT2D eigenvalue weighted by Crippen LogP contribution is -2.67. The van der Waals surface area contributed by atoms with Crippen LogP contribution in [-0.4, -0.2) is 34.3 Å². The largest absolute Gasteiger partial charge is 0.390 e. The molecule has 0 aromatic heterocycles. The molecule has 0 amide bonds. The molecule has 28 heavy (non-hydrogen) atoms. The van der Waals surface area contributed by atoms with Crippen LogP contribution in [0, 0.1) is 34.0 Å². The summed E-state index contributed by atoms with van der Waals surface area (Å²) in [5.74, 6) is -0.446. The van der Waals surface area contributed by atoms with Crippen LogP contribution in [0.15, 0.2) is 23.8 Å². The van der Waals surface area contributed by atoms with E-state index in [9.17, 15) is 14.7 Å².